The van der Waals surface area contributed by atoms with Crippen molar-refractivity contribution in [3.63, 3.8) is 0 Å². The van der Waals surface area contributed by atoms with Crippen LogP contribution in [0, 0.1) is 11.7 Å². The second-order valence-corrected chi connectivity index (χ2v) is 8.70. The number of benzene rings is 2. The molecule has 0 amide bonds. The summed E-state index contributed by atoms with van der Waals surface area (Å²) in [5.74, 6) is 0.219. The molecule has 2 unspecified atom stereocenters. The first-order valence-electron chi connectivity index (χ1n) is 10.8. The molecule has 3 nitrogen and oxygen atoms in total. The molecule has 0 bridgehead atoms. The summed E-state index contributed by atoms with van der Waals surface area (Å²) in [6, 6.07) is 10.3. The molecule has 0 radical (unpaired) electrons. The standard InChI is InChI=1S/C24H28F4N2O/c1-16(9-12-29)30-13-10-18(11-14-30)23(15-20-21(25)3-2-4-22(20)31-23)17-5-7-19(8-6-17)24(26,27)28/h2-8,16,18H,9-15,29H2,1H3. The Balaban J connectivity index is 1.65. The van der Waals surface area contributed by atoms with Crippen molar-refractivity contribution < 1.29 is 22.3 Å². The molecule has 7 heteroatoms. The molecule has 2 aliphatic rings. The van der Waals surface area contributed by atoms with Crippen LogP contribution in [0.25, 0.3) is 0 Å². The van der Waals surface area contributed by atoms with E-state index in [0.717, 1.165) is 44.5 Å². The molecule has 2 aliphatic heterocycles. The molecule has 1 saturated heterocycles. The van der Waals surface area contributed by atoms with Gasteiger partial charge in [-0.05, 0) is 75.6 Å². The lowest BCUT2D eigenvalue weighted by Gasteiger charge is -2.44. The fraction of sp³-hybridized carbons (Fsp3) is 0.500. The monoisotopic (exact) mass is 436 g/mol. The Bertz CT molecular complexity index is 907. The van der Waals surface area contributed by atoms with Gasteiger partial charge in [-0.2, -0.15) is 13.2 Å². The van der Waals surface area contributed by atoms with Gasteiger partial charge in [0, 0.05) is 23.9 Å². The minimum Gasteiger partial charge on any atom is -0.482 e. The number of nitrogens with zero attached hydrogens (tertiary/aromatic N) is 1. The molecule has 0 aliphatic carbocycles. The van der Waals surface area contributed by atoms with Crippen LogP contribution in [0.2, 0.25) is 0 Å². The van der Waals surface area contributed by atoms with Gasteiger partial charge in [-0.25, -0.2) is 4.39 Å². The average Bonchev–Trinajstić information content (AvgIpc) is 3.16. The van der Waals surface area contributed by atoms with Gasteiger partial charge in [-0.1, -0.05) is 18.2 Å². The number of halogens is 4. The van der Waals surface area contributed by atoms with Gasteiger partial charge in [-0.3, -0.25) is 0 Å². The van der Waals surface area contributed by atoms with E-state index >= 15 is 0 Å². The van der Waals surface area contributed by atoms with E-state index in [4.69, 9.17) is 10.5 Å². The minimum atomic E-state index is -4.40. The maximum Gasteiger partial charge on any atom is 0.416 e. The third-order valence-electron chi connectivity index (χ3n) is 6.91. The van der Waals surface area contributed by atoms with E-state index in [2.05, 4.69) is 11.8 Å². The van der Waals surface area contributed by atoms with Gasteiger partial charge in [-0.15, -0.1) is 0 Å². The van der Waals surface area contributed by atoms with Gasteiger partial charge in [0.05, 0.1) is 5.56 Å². The van der Waals surface area contributed by atoms with Crippen LogP contribution in [-0.4, -0.2) is 30.6 Å². The van der Waals surface area contributed by atoms with E-state index in [1.807, 2.05) is 0 Å². The zero-order valence-electron chi connectivity index (χ0n) is 17.6. The normalized spacial score (nSPS) is 23.4. The number of alkyl halides is 3. The fourth-order valence-corrected chi connectivity index (χ4v) is 5.10. The molecule has 2 N–H and O–H groups in total. The number of hydrogen-bond acceptors (Lipinski definition) is 3. The molecule has 0 spiro atoms. The van der Waals surface area contributed by atoms with Gasteiger partial charge in [0.15, 0.2) is 0 Å². The lowest BCUT2D eigenvalue weighted by atomic mass is 9.73. The van der Waals surface area contributed by atoms with Crippen LogP contribution in [0.1, 0.15) is 42.9 Å². The maximum absolute atomic E-state index is 14.5. The molecule has 2 atom stereocenters. The van der Waals surface area contributed by atoms with Crippen molar-refractivity contribution in [3.8, 4) is 5.75 Å². The van der Waals surface area contributed by atoms with E-state index in [9.17, 15) is 17.6 Å². The largest absolute Gasteiger partial charge is 0.482 e. The molecule has 2 heterocycles. The molecule has 4 rings (SSSR count). The summed E-state index contributed by atoms with van der Waals surface area (Å²) in [6.07, 6.45) is -1.51. The zero-order chi connectivity index (χ0) is 22.2. The van der Waals surface area contributed by atoms with Crippen molar-refractivity contribution in [3.05, 3.63) is 65.0 Å². The van der Waals surface area contributed by atoms with Crippen molar-refractivity contribution in [1.82, 2.24) is 4.90 Å². The van der Waals surface area contributed by atoms with Crippen molar-refractivity contribution in [1.29, 1.82) is 0 Å². The third-order valence-corrected chi connectivity index (χ3v) is 6.91. The van der Waals surface area contributed by atoms with Crippen LogP contribution in [0.15, 0.2) is 42.5 Å². The highest BCUT2D eigenvalue weighted by molar-refractivity contribution is 5.44. The number of likely N-dealkylation sites (tertiary alicyclic amines) is 1. The Labute approximate surface area is 180 Å². The maximum atomic E-state index is 14.5. The summed E-state index contributed by atoms with van der Waals surface area (Å²) in [5, 5.41) is 0. The topological polar surface area (TPSA) is 38.5 Å². The minimum absolute atomic E-state index is 0.0670. The van der Waals surface area contributed by atoms with Gasteiger partial charge in [0.25, 0.3) is 0 Å². The fourth-order valence-electron chi connectivity index (χ4n) is 5.10. The summed E-state index contributed by atoms with van der Waals surface area (Å²) in [6.45, 7) is 4.51. The summed E-state index contributed by atoms with van der Waals surface area (Å²) in [7, 11) is 0. The van der Waals surface area contributed by atoms with Crippen LogP contribution in [0.4, 0.5) is 17.6 Å². The smallest absolute Gasteiger partial charge is 0.416 e. The molecule has 2 aromatic carbocycles. The SMILES string of the molecule is CC(CCN)N1CCC(C2(c3ccc(C(F)(F)F)cc3)Cc3c(F)cccc3O2)CC1. The lowest BCUT2D eigenvalue weighted by Crippen LogP contribution is -2.48. The van der Waals surface area contributed by atoms with Crippen LogP contribution < -0.4 is 10.5 Å². The lowest BCUT2D eigenvalue weighted by molar-refractivity contribution is -0.137. The second-order valence-electron chi connectivity index (χ2n) is 8.70. The zero-order valence-corrected chi connectivity index (χ0v) is 17.6. The first-order chi connectivity index (χ1) is 14.7. The molecule has 1 fully saturated rings. The number of rotatable bonds is 5. The molecular formula is C24H28F4N2O. The van der Waals surface area contributed by atoms with E-state index in [1.54, 1.807) is 12.1 Å². The van der Waals surface area contributed by atoms with Crippen molar-refractivity contribution >= 4 is 0 Å². The van der Waals surface area contributed by atoms with E-state index in [1.165, 1.54) is 18.2 Å². The van der Waals surface area contributed by atoms with Gasteiger partial charge in [0.2, 0.25) is 0 Å². The van der Waals surface area contributed by atoms with Crippen molar-refractivity contribution in [2.45, 2.75) is 50.4 Å². The molecule has 31 heavy (non-hydrogen) atoms. The van der Waals surface area contributed by atoms with Crippen LogP contribution >= 0.6 is 0 Å². The van der Waals surface area contributed by atoms with E-state index in [-0.39, 0.29) is 11.7 Å². The van der Waals surface area contributed by atoms with Crippen LogP contribution in [0.5, 0.6) is 5.75 Å². The first kappa shape index (κ1) is 22.1. The summed E-state index contributed by atoms with van der Waals surface area (Å²) in [5.41, 5.74) is 5.32. The van der Waals surface area contributed by atoms with Crippen molar-refractivity contribution in [2.24, 2.45) is 11.7 Å². The Morgan fingerprint density at radius 2 is 1.81 bits per heavy atom. The second kappa shape index (κ2) is 8.43. The summed E-state index contributed by atoms with van der Waals surface area (Å²) < 4.78 is 60.3. The number of piperidine rings is 1. The van der Waals surface area contributed by atoms with Crippen LogP contribution in [0.3, 0.4) is 0 Å². The molecule has 0 aromatic heterocycles. The highest BCUT2D eigenvalue weighted by atomic mass is 19.4. The van der Waals surface area contributed by atoms with Gasteiger partial charge >= 0.3 is 6.18 Å². The Kier molecular flexibility index (Phi) is 6.01. The quantitative estimate of drug-likeness (QED) is 0.661. The summed E-state index contributed by atoms with van der Waals surface area (Å²) in [4.78, 5) is 2.40. The Morgan fingerprint density at radius 3 is 2.39 bits per heavy atom. The predicted molar refractivity (Wildman–Crippen MR) is 111 cm³/mol. The van der Waals surface area contributed by atoms with Gasteiger partial charge < -0.3 is 15.4 Å². The molecule has 168 valence electrons. The van der Waals surface area contributed by atoms with E-state index in [0.29, 0.717) is 35.9 Å². The van der Waals surface area contributed by atoms with Crippen LogP contribution in [-0.2, 0) is 18.2 Å². The van der Waals surface area contributed by atoms with Crippen molar-refractivity contribution in [2.75, 3.05) is 19.6 Å². The Morgan fingerprint density at radius 1 is 1.13 bits per heavy atom. The number of hydrogen-bond donors (Lipinski definition) is 1. The predicted octanol–water partition coefficient (Wildman–Crippen LogP) is 5.12. The molecular weight excluding hydrogens is 408 g/mol. The number of fused-ring (bicyclic) bond motifs is 1. The highest BCUT2D eigenvalue weighted by Crippen LogP contribution is 2.50. The Hall–Kier alpha value is -2.12. The number of nitrogens with two attached hydrogens (primary N) is 1. The molecule has 2 aromatic rings. The molecule has 0 saturated carbocycles. The first-order valence-corrected chi connectivity index (χ1v) is 10.8. The summed E-state index contributed by atoms with van der Waals surface area (Å²) >= 11 is 0. The third kappa shape index (κ3) is 4.17. The van der Waals surface area contributed by atoms with E-state index < -0.39 is 17.3 Å². The highest BCUT2D eigenvalue weighted by Gasteiger charge is 2.49. The average molecular weight is 436 g/mol. The number of ether oxygens (including phenoxy) is 1. The van der Waals surface area contributed by atoms with Gasteiger partial charge in [0.1, 0.15) is 17.2 Å².